The Labute approximate surface area is 260 Å². The normalized spacial score (nSPS) is 11.5. The summed E-state index contributed by atoms with van der Waals surface area (Å²) in [5.41, 5.74) is 2.17. The average Bonchev–Trinajstić information content (AvgIpc) is 3.02. The molecule has 226 valence electrons. The van der Waals surface area contributed by atoms with Gasteiger partial charge in [-0.3, -0.25) is 9.59 Å². The van der Waals surface area contributed by atoms with E-state index in [0.29, 0.717) is 27.5 Å². The summed E-state index contributed by atoms with van der Waals surface area (Å²) in [5.74, 6) is 0.898. The number of sulfonamides is 1. The highest BCUT2D eigenvalue weighted by Crippen LogP contribution is 2.31. The zero-order chi connectivity index (χ0) is 31.3. The first-order valence-corrected chi connectivity index (χ1v) is 15.4. The highest BCUT2D eigenvalue weighted by molar-refractivity contribution is 7.89. The fourth-order valence-corrected chi connectivity index (χ4v) is 6.63. The second-order valence-electron chi connectivity index (χ2n) is 10.0. The van der Waals surface area contributed by atoms with E-state index in [4.69, 9.17) is 21.1 Å². The number of nitrogens with zero attached hydrogens (tertiary/aromatic N) is 1. The minimum atomic E-state index is -4.22. The third-order valence-electron chi connectivity index (χ3n) is 7.05. The van der Waals surface area contributed by atoms with Gasteiger partial charge in [0.15, 0.2) is 0 Å². The molecule has 11 heteroatoms. The van der Waals surface area contributed by atoms with Crippen LogP contribution in [0.3, 0.4) is 0 Å². The number of rotatable bonds is 11. The third-order valence-corrected chi connectivity index (χ3v) is 9.25. The van der Waals surface area contributed by atoms with E-state index >= 15 is 0 Å². The Bertz CT molecular complexity index is 1910. The van der Waals surface area contributed by atoms with Crippen LogP contribution in [0.4, 0.5) is 5.69 Å². The van der Waals surface area contributed by atoms with Crippen LogP contribution in [0.25, 0.3) is 10.9 Å². The quantitative estimate of drug-likeness (QED) is 0.191. The Hall–Kier alpha value is -4.64. The molecule has 0 atom stereocenters. The fraction of sp³-hybridized carbons (Fsp3) is 0.152. The van der Waals surface area contributed by atoms with E-state index in [-0.39, 0.29) is 35.6 Å². The molecular formula is C33H30ClN3O6S. The lowest BCUT2D eigenvalue weighted by atomic mass is 10.1. The number of carbonyl (C=O) groups is 1. The van der Waals surface area contributed by atoms with Crippen molar-refractivity contribution in [1.82, 2.24) is 9.29 Å². The molecule has 1 aromatic heterocycles. The fourth-order valence-electron chi connectivity index (χ4n) is 4.77. The largest absolute Gasteiger partial charge is 0.497 e. The van der Waals surface area contributed by atoms with E-state index in [0.717, 1.165) is 11.1 Å². The number of halogens is 1. The molecule has 44 heavy (non-hydrogen) atoms. The van der Waals surface area contributed by atoms with Crippen LogP contribution in [0.5, 0.6) is 11.5 Å². The molecule has 0 aliphatic heterocycles. The van der Waals surface area contributed by atoms with Crippen LogP contribution in [0.15, 0.2) is 107 Å². The number of benzene rings is 4. The van der Waals surface area contributed by atoms with Crippen molar-refractivity contribution in [2.45, 2.75) is 24.4 Å². The van der Waals surface area contributed by atoms with Crippen molar-refractivity contribution in [3.63, 3.8) is 0 Å². The van der Waals surface area contributed by atoms with Gasteiger partial charge in [0.2, 0.25) is 21.5 Å². The molecule has 0 saturated heterocycles. The number of aromatic amines is 1. The number of ether oxygens (including phenoxy) is 2. The summed E-state index contributed by atoms with van der Waals surface area (Å²) < 4.78 is 40.9. The van der Waals surface area contributed by atoms with E-state index in [1.807, 2.05) is 0 Å². The zero-order valence-electron chi connectivity index (χ0n) is 24.0. The van der Waals surface area contributed by atoms with Crippen molar-refractivity contribution in [3.05, 3.63) is 129 Å². The van der Waals surface area contributed by atoms with Crippen LogP contribution in [0.2, 0.25) is 5.02 Å². The molecule has 0 bridgehead atoms. The maximum absolute atomic E-state index is 14.5. The van der Waals surface area contributed by atoms with Crippen molar-refractivity contribution in [1.29, 1.82) is 0 Å². The first kappa shape index (κ1) is 30.8. The molecule has 9 nitrogen and oxygen atoms in total. The van der Waals surface area contributed by atoms with Gasteiger partial charge in [0.1, 0.15) is 11.5 Å². The summed E-state index contributed by atoms with van der Waals surface area (Å²) in [6.07, 6.45) is -0.0217. The number of methoxy groups -OCH3 is 2. The molecule has 0 fully saturated rings. The van der Waals surface area contributed by atoms with Crippen molar-refractivity contribution in [2.24, 2.45) is 0 Å². The van der Waals surface area contributed by atoms with Crippen LogP contribution < -0.4 is 20.3 Å². The van der Waals surface area contributed by atoms with Gasteiger partial charge < -0.3 is 19.8 Å². The Balaban J connectivity index is 1.56. The molecule has 0 aliphatic rings. The summed E-state index contributed by atoms with van der Waals surface area (Å²) >= 11 is 6.24. The van der Waals surface area contributed by atoms with Crippen LogP contribution >= 0.6 is 11.6 Å². The van der Waals surface area contributed by atoms with Crippen molar-refractivity contribution in [3.8, 4) is 11.5 Å². The van der Waals surface area contributed by atoms with E-state index in [2.05, 4.69) is 10.3 Å². The molecule has 1 heterocycles. The summed E-state index contributed by atoms with van der Waals surface area (Å²) in [7, 11) is -1.09. The Morgan fingerprint density at radius 1 is 0.841 bits per heavy atom. The number of H-pyrrole nitrogens is 1. The van der Waals surface area contributed by atoms with Gasteiger partial charge in [-0.1, -0.05) is 54.1 Å². The van der Waals surface area contributed by atoms with E-state index in [1.165, 1.54) is 28.6 Å². The zero-order valence-corrected chi connectivity index (χ0v) is 25.6. The molecule has 0 radical (unpaired) electrons. The smallest absolute Gasteiger partial charge is 0.248 e. The Morgan fingerprint density at radius 3 is 2.00 bits per heavy atom. The number of anilines is 1. The molecule has 2 N–H and O–H groups in total. The van der Waals surface area contributed by atoms with E-state index in [9.17, 15) is 18.0 Å². The molecule has 0 saturated carbocycles. The summed E-state index contributed by atoms with van der Waals surface area (Å²) in [5, 5.41) is 3.53. The number of aromatic nitrogens is 1. The van der Waals surface area contributed by atoms with Gasteiger partial charge in [-0.05, 0) is 65.2 Å². The molecule has 0 spiro atoms. The van der Waals surface area contributed by atoms with Gasteiger partial charge in [-0.25, -0.2) is 8.42 Å². The van der Waals surface area contributed by atoms with Gasteiger partial charge in [-0.2, -0.15) is 4.31 Å². The number of pyridine rings is 1. The molecular weight excluding hydrogens is 602 g/mol. The standard InChI is InChI=1S/C33H30ClN3O6S/c1-42-26-11-7-22(8-12-26)20-37(21-23-9-13-27(43-2)14-10-23)44(40,41)31-19-25(18-30-28(31)15-16-32(38)36-30)35-33(39)17-24-5-3-4-6-29(24)34/h3-16,18-19H,17,20-21H2,1-2H3,(H,35,39)(H,36,38). The van der Waals surface area contributed by atoms with Crippen molar-refractivity contribution >= 4 is 44.1 Å². The van der Waals surface area contributed by atoms with Gasteiger partial charge in [-0.15, -0.1) is 0 Å². The number of hydrogen-bond donors (Lipinski definition) is 2. The highest BCUT2D eigenvalue weighted by atomic mass is 35.5. The molecule has 4 aromatic carbocycles. The highest BCUT2D eigenvalue weighted by Gasteiger charge is 2.28. The van der Waals surface area contributed by atoms with Gasteiger partial charge in [0.05, 0.1) is 31.1 Å². The second-order valence-corrected chi connectivity index (χ2v) is 12.4. The van der Waals surface area contributed by atoms with Gasteiger partial charge in [0, 0.05) is 35.3 Å². The van der Waals surface area contributed by atoms with Crippen LogP contribution in [0, 0.1) is 0 Å². The number of nitrogens with one attached hydrogen (secondary N) is 2. The lowest BCUT2D eigenvalue weighted by Gasteiger charge is -2.24. The monoisotopic (exact) mass is 631 g/mol. The maximum Gasteiger partial charge on any atom is 0.248 e. The first-order chi connectivity index (χ1) is 21.2. The molecule has 0 unspecified atom stereocenters. The molecule has 1 amide bonds. The van der Waals surface area contributed by atoms with Crippen molar-refractivity contribution < 1.29 is 22.7 Å². The average molecular weight is 632 g/mol. The molecule has 5 rings (SSSR count). The van der Waals surface area contributed by atoms with Gasteiger partial charge >= 0.3 is 0 Å². The predicted molar refractivity (Wildman–Crippen MR) is 171 cm³/mol. The Kier molecular flexibility index (Phi) is 9.34. The first-order valence-electron chi connectivity index (χ1n) is 13.6. The summed E-state index contributed by atoms with van der Waals surface area (Å²) in [4.78, 5) is 27.9. The predicted octanol–water partition coefficient (Wildman–Crippen LogP) is 5.77. The van der Waals surface area contributed by atoms with Crippen LogP contribution in [0.1, 0.15) is 16.7 Å². The molecule has 5 aromatic rings. The number of fused-ring (bicyclic) bond motifs is 1. The van der Waals surface area contributed by atoms with Gasteiger partial charge in [0.25, 0.3) is 0 Å². The SMILES string of the molecule is COc1ccc(CN(Cc2ccc(OC)cc2)S(=O)(=O)c2cc(NC(=O)Cc3ccccc3Cl)cc3[nH]c(=O)ccc23)cc1. The number of carbonyl (C=O) groups excluding carboxylic acids is 1. The summed E-state index contributed by atoms with van der Waals surface area (Å²) in [6.45, 7) is 0.0958. The third kappa shape index (κ3) is 7.11. The summed E-state index contributed by atoms with van der Waals surface area (Å²) in [6, 6.07) is 26.9. The van der Waals surface area contributed by atoms with Crippen LogP contribution in [-0.2, 0) is 34.3 Å². The second kappa shape index (κ2) is 13.3. The minimum absolute atomic E-state index is 0.0217. The van der Waals surface area contributed by atoms with E-state index < -0.39 is 21.5 Å². The number of hydrogen-bond acceptors (Lipinski definition) is 6. The minimum Gasteiger partial charge on any atom is -0.497 e. The Morgan fingerprint density at radius 2 is 1.43 bits per heavy atom. The number of amides is 1. The van der Waals surface area contributed by atoms with E-state index in [1.54, 1.807) is 87.0 Å². The maximum atomic E-state index is 14.5. The lowest BCUT2D eigenvalue weighted by Crippen LogP contribution is -2.30. The lowest BCUT2D eigenvalue weighted by molar-refractivity contribution is -0.115. The molecule has 0 aliphatic carbocycles. The topological polar surface area (TPSA) is 118 Å². The van der Waals surface area contributed by atoms with Crippen LogP contribution in [-0.4, -0.2) is 37.8 Å². The van der Waals surface area contributed by atoms with Crippen molar-refractivity contribution in [2.75, 3.05) is 19.5 Å².